The first kappa shape index (κ1) is 14.0. The number of rotatable bonds is 3. The molecule has 0 aliphatic carbocycles. The Bertz CT molecular complexity index is 391. The molecule has 1 heteroatoms. The molecule has 0 amide bonds. The monoisotopic (exact) mass is 232 g/mol. The van der Waals surface area contributed by atoms with Gasteiger partial charge in [-0.2, -0.15) is 0 Å². The van der Waals surface area contributed by atoms with Gasteiger partial charge in [-0.1, -0.05) is 58.9 Å². The van der Waals surface area contributed by atoms with Crippen molar-refractivity contribution in [2.45, 2.75) is 53.4 Å². The highest BCUT2D eigenvalue weighted by molar-refractivity contribution is 5.81. The maximum Gasteiger partial charge on any atom is 0.135 e. The molecule has 0 atom stereocenters. The van der Waals surface area contributed by atoms with E-state index < -0.39 is 0 Å². The summed E-state index contributed by atoms with van der Waals surface area (Å²) in [5, 5.41) is 0. The molecule has 0 saturated carbocycles. The van der Waals surface area contributed by atoms with Crippen molar-refractivity contribution in [3.05, 3.63) is 35.4 Å². The Labute approximate surface area is 105 Å². The molecule has 0 unspecified atom stereocenters. The van der Waals surface area contributed by atoms with Crippen molar-refractivity contribution in [3.8, 4) is 0 Å². The van der Waals surface area contributed by atoms with E-state index in [0.717, 1.165) is 6.42 Å². The Hall–Kier alpha value is -1.11. The summed E-state index contributed by atoms with van der Waals surface area (Å²) in [6, 6.07) is 8.63. The summed E-state index contributed by atoms with van der Waals surface area (Å²) in [5.74, 6) is 0.248. The highest BCUT2D eigenvalue weighted by Crippen LogP contribution is 2.26. The summed E-state index contributed by atoms with van der Waals surface area (Å²) in [7, 11) is 0. The Morgan fingerprint density at radius 1 is 1.00 bits per heavy atom. The zero-order valence-electron chi connectivity index (χ0n) is 11.9. The van der Waals surface area contributed by atoms with E-state index in [9.17, 15) is 4.79 Å². The summed E-state index contributed by atoms with van der Waals surface area (Å²) in [6.07, 6.45) is 0.812. The molecule has 0 aliphatic heterocycles. The van der Waals surface area contributed by atoms with Gasteiger partial charge in [0.1, 0.15) is 5.78 Å². The molecule has 0 bridgehead atoms. The highest BCUT2D eigenvalue weighted by atomic mass is 16.1. The fourth-order valence-electron chi connectivity index (χ4n) is 1.76. The first-order chi connectivity index (χ1) is 7.63. The maximum absolute atomic E-state index is 11.5. The molecule has 0 heterocycles. The van der Waals surface area contributed by atoms with Crippen LogP contribution in [0, 0.1) is 5.41 Å². The van der Waals surface area contributed by atoms with Gasteiger partial charge in [-0.15, -0.1) is 0 Å². The molecule has 1 nitrogen and oxygen atoms in total. The fourth-order valence-corrected chi connectivity index (χ4v) is 1.76. The Kier molecular flexibility index (Phi) is 3.81. The van der Waals surface area contributed by atoms with Crippen molar-refractivity contribution >= 4 is 5.78 Å². The third kappa shape index (κ3) is 3.69. The van der Waals surface area contributed by atoms with Gasteiger partial charge in [-0.05, 0) is 29.9 Å². The molecular weight excluding hydrogens is 208 g/mol. The summed E-state index contributed by atoms with van der Waals surface area (Å²) >= 11 is 0. The molecule has 1 aromatic carbocycles. The lowest BCUT2D eigenvalue weighted by Crippen LogP contribution is -2.24. The standard InChI is InChI=1S/C16H24O/c1-12(17)16(5,6)11-13-7-9-14(10-8-13)15(2,3)4/h7-10H,11H2,1-6H3. The molecular formula is C16H24O. The molecule has 1 aromatic rings. The van der Waals surface area contributed by atoms with Crippen LogP contribution in [0.5, 0.6) is 0 Å². The predicted octanol–water partition coefficient (Wildman–Crippen LogP) is 4.14. The second-order valence-corrected chi connectivity index (χ2v) is 6.56. The van der Waals surface area contributed by atoms with E-state index in [1.54, 1.807) is 6.92 Å². The van der Waals surface area contributed by atoms with Crippen molar-refractivity contribution in [2.24, 2.45) is 5.41 Å². The summed E-state index contributed by atoms with van der Waals surface area (Å²) < 4.78 is 0. The van der Waals surface area contributed by atoms with Crippen molar-refractivity contribution in [2.75, 3.05) is 0 Å². The number of benzene rings is 1. The van der Waals surface area contributed by atoms with Crippen LogP contribution in [0.25, 0.3) is 0 Å². The van der Waals surface area contributed by atoms with E-state index in [1.807, 2.05) is 13.8 Å². The third-order valence-electron chi connectivity index (χ3n) is 3.42. The number of carbonyl (C=O) groups is 1. The van der Waals surface area contributed by atoms with Crippen molar-refractivity contribution in [3.63, 3.8) is 0 Å². The first-order valence-electron chi connectivity index (χ1n) is 6.23. The molecule has 0 aliphatic rings. The van der Waals surface area contributed by atoms with Crippen LogP contribution in [0.15, 0.2) is 24.3 Å². The van der Waals surface area contributed by atoms with Gasteiger partial charge in [-0.3, -0.25) is 4.79 Å². The zero-order valence-corrected chi connectivity index (χ0v) is 11.9. The van der Waals surface area contributed by atoms with Gasteiger partial charge in [0.25, 0.3) is 0 Å². The molecule has 17 heavy (non-hydrogen) atoms. The number of Topliss-reactive ketones (excluding diaryl/α,β-unsaturated/α-hetero) is 1. The van der Waals surface area contributed by atoms with E-state index in [-0.39, 0.29) is 16.6 Å². The Morgan fingerprint density at radius 2 is 1.47 bits per heavy atom. The molecule has 0 aromatic heterocycles. The van der Waals surface area contributed by atoms with E-state index >= 15 is 0 Å². The van der Waals surface area contributed by atoms with Crippen LogP contribution < -0.4 is 0 Å². The van der Waals surface area contributed by atoms with Crippen LogP contribution in [-0.2, 0) is 16.6 Å². The third-order valence-corrected chi connectivity index (χ3v) is 3.42. The van der Waals surface area contributed by atoms with Gasteiger partial charge in [0.2, 0.25) is 0 Å². The first-order valence-corrected chi connectivity index (χ1v) is 6.23. The van der Waals surface area contributed by atoms with E-state index in [0.29, 0.717) is 0 Å². The second kappa shape index (κ2) is 4.64. The van der Waals surface area contributed by atoms with Crippen molar-refractivity contribution < 1.29 is 4.79 Å². The molecule has 0 radical (unpaired) electrons. The topological polar surface area (TPSA) is 17.1 Å². The summed E-state index contributed by atoms with van der Waals surface area (Å²) in [6.45, 7) is 12.3. The SMILES string of the molecule is CC(=O)C(C)(C)Cc1ccc(C(C)(C)C)cc1. The summed E-state index contributed by atoms with van der Waals surface area (Å²) in [5.41, 5.74) is 2.50. The normalized spacial score (nSPS) is 12.6. The van der Waals surface area contributed by atoms with Crippen molar-refractivity contribution in [1.29, 1.82) is 0 Å². The maximum atomic E-state index is 11.5. The molecule has 0 fully saturated rings. The van der Waals surface area contributed by atoms with Crippen LogP contribution in [-0.4, -0.2) is 5.78 Å². The average molecular weight is 232 g/mol. The molecule has 0 saturated heterocycles. The minimum atomic E-state index is -0.261. The van der Waals surface area contributed by atoms with E-state index in [1.165, 1.54) is 11.1 Å². The lowest BCUT2D eigenvalue weighted by Gasteiger charge is -2.23. The number of hydrogen-bond donors (Lipinski definition) is 0. The zero-order chi connectivity index (χ0) is 13.3. The number of ketones is 1. The van der Waals surface area contributed by atoms with Gasteiger partial charge in [0.05, 0.1) is 0 Å². The number of carbonyl (C=O) groups excluding carboxylic acids is 1. The summed E-state index contributed by atoms with van der Waals surface area (Å²) in [4.78, 5) is 11.5. The van der Waals surface area contributed by atoms with Crippen LogP contribution in [0.1, 0.15) is 52.7 Å². The van der Waals surface area contributed by atoms with Gasteiger partial charge in [0, 0.05) is 5.41 Å². The van der Waals surface area contributed by atoms with Gasteiger partial charge in [-0.25, -0.2) is 0 Å². The minimum Gasteiger partial charge on any atom is -0.299 e. The second-order valence-electron chi connectivity index (χ2n) is 6.56. The Morgan fingerprint density at radius 3 is 1.82 bits per heavy atom. The lowest BCUT2D eigenvalue weighted by atomic mass is 9.81. The van der Waals surface area contributed by atoms with Gasteiger partial charge < -0.3 is 0 Å². The van der Waals surface area contributed by atoms with E-state index in [2.05, 4.69) is 45.0 Å². The smallest absolute Gasteiger partial charge is 0.135 e. The number of hydrogen-bond acceptors (Lipinski definition) is 1. The average Bonchev–Trinajstić information content (AvgIpc) is 2.16. The van der Waals surface area contributed by atoms with Crippen LogP contribution in [0.4, 0.5) is 0 Å². The van der Waals surface area contributed by atoms with Gasteiger partial charge >= 0.3 is 0 Å². The lowest BCUT2D eigenvalue weighted by molar-refractivity contribution is -0.124. The quantitative estimate of drug-likeness (QED) is 0.765. The molecule has 0 spiro atoms. The Balaban J connectivity index is 2.86. The largest absolute Gasteiger partial charge is 0.299 e. The fraction of sp³-hybridized carbons (Fsp3) is 0.562. The molecule has 0 N–H and O–H groups in total. The molecule has 94 valence electrons. The van der Waals surface area contributed by atoms with Crippen molar-refractivity contribution in [1.82, 2.24) is 0 Å². The van der Waals surface area contributed by atoms with Crippen LogP contribution in [0.2, 0.25) is 0 Å². The van der Waals surface area contributed by atoms with Crippen LogP contribution in [0.3, 0.4) is 0 Å². The highest BCUT2D eigenvalue weighted by Gasteiger charge is 2.24. The van der Waals surface area contributed by atoms with Crippen LogP contribution >= 0.6 is 0 Å². The molecule has 1 rings (SSSR count). The minimum absolute atomic E-state index is 0.189. The van der Waals surface area contributed by atoms with E-state index in [4.69, 9.17) is 0 Å². The predicted molar refractivity (Wildman–Crippen MR) is 73.3 cm³/mol. The van der Waals surface area contributed by atoms with Gasteiger partial charge in [0.15, 0.2) is 0 Å².